The largest absolute Gasteiger partial charge is 0.497 e. The molecule has 0 saturated carbocycles. The number of aromatic amines is 2. The van der Waals surface area contributed by atoms with Crippen molar-refractivity contribution in [3.05, 3.63) is 54.2 Å². The maximum atomic E-state index is 13.1. The van der Waals surface area contributed by atoms with Gasteiger partial charge in [-0.3, -0.25) is 9.89 Å². The average molecular weight is 351 g/mol. The minimum Gasteiger partial charge on any atom is -0.497 e. The molecule has 7 nitrogen and oxygen atoms in total. The molecule has 1 amide bonds. The van der Waals surface area contributed by atoms with Crippen molar-refractivity contribution in [3.8, 4) is 17.0 Å². The Kier molecular flexibility index (Phi) is 4.43. The monoisotopic (exact) mass is 351 g/mol. The van der Waals surface area contributed by atoms with E-state index >= 15 is 0 Å². The van der Waals surface area contributed by atoms with Gasteiger partial charge in [-0.05, 0) is 25.0 Å². The third-order valence-electron chi connectivity index (χ3n) is 4.84. The second-order valence-corrected chi connectivity index (χ2v) is 6.46. The molecular weight excluding hydrogens is 330 g/mol. The van der Waals surface area contributed by atoms with Crippen molar-refractivity contribution in [2.75, 3.05) is 20.2 Å². The van der Waals surface area contributed by atoms with Crippen LogP contribution in [0.15, 0.2) is 42.9 Å². The highest BCUT2D eigenvalue weighted by molar-refractivity contribution is 5.99. The number of H-pyrrole nitrogens is 2. The van der Waals surface area contributed by atoms with Crippen LogP contribution in [0.1, 0.15) is 34.9 Å². The summed E-state index contributed by atoms with van der Waals surface area (Å²) in [6, 6.07) is 7.61. The van der Waals surface area contributed by atoms with Gasteiger partial charge in [0.25, 0.3) is 5.91 Å². The van der Waals surface area contributed by atoms with Gasteiger partial charge < -0.3 is 14.6 Å². The number of likely N-dealkylation sites (tertiary alicyclic amines) is 1. The van der Waals surface area contributed by atoms with Crippen molar-refractivity contribution in [2.45, 2.75) is 18.8 Å². The lowest BCUT2D eigenvalue weighted by Crippen LogP contribution is -2.39. The molecule has 1 atom stereocenters. The summed E-state index contributed by atoms with van der Waals surface area (Å²) in [5.41, 5.74) is 2.18. The molecule has 26 heavy (non-hydrogen) atoms. The number of ether oxygens (including phenoxy) is 1. The molecule has 3 aromatic rings. The molecule has 1 fully saturated rings. The zero-order chi connectivity index (χ0) is 17.9. The molecule has 2 aromatic heterocycles. The van der Waals surface area contributed by atoms with Gasteiger partial charge in [0.2, 0.25) is 0 Å². The number of nitrogens with zero attached hydrogens (tertiary/aromatic N) is 3. The predicted molar refractivity (Wildman–Crippen MR) is 97.0 cm³/mol. The van der Waals surface area contributed by atoms with Crippen molar-refractivity contribution in [1.82, 2.24) is 25.1 Å². The zero-order valence-corrected chi connectivity index (χ0v) is 14.6. The Morgan fingerprint density at radius 3 is 3.12 bits per heavy atom. The lowest BCUT2D eigenvalue weighted by atomic mass is 9.96. The van der Waals surface area contributed by atoms with Gasteiger partial charge >= 0.3 is 0 Å². The molecular formula is C19H21N5O2. The van der Waals surface area contributed by atoms with E-state index in [1.54, 1.807) is 19.5 Å². The van der Waals surface area contributed by atoms with Crippen LogP contribution in [0.4, 0.5) is 0 Å². The quantitative estimate of drug-likeness (QED) is 0.757. The highest BCUT2D eigenvalue weighted by atomic mass is 16.5. The summed E-state index contributed by atoms with van der Waals surface area (Å²) in [6.07, 6.45) is 7.18. The second-order valence-electron chi connectivity index (χ2n) is 6.46. The number of hydrogen-bond donors (Lipinski definition) is 2. The van der Waals surface area contributed by atoms with Crippen molar-refractivity contribution in [1.29, 1.82) is 0 Å². The van der Waals surface area contributed by atoms with Gasteiger partial charge in [-0.2, -0.15) is 5.10 Å². The molecule has 1 aromatic carbocycles. The molecule has 1 saturated heterocycles. The minimum atomic E-state index is -0.00664. The van der Waals surface area contributed by atoms with E-state index in [1.165, 1.54) is 0 Å². The minimum absolute atomic E-state index is 0.00664. The Morgan fingerprint density at radius 2 is 2.31 bits per heavy atom. The van der Waals surface area contributed by atoms with Crippen molar-refractivity contribution in [3.63, 3.8) is 0 Å². The van der Waals surface area contributed by atoms with Gasteiger partial charge in [0.1, 0.15) is 11.6 Å². The summed E-state index contributed by atoms with van der Waals surface area (Å²) in [7, 11) is 1.63. The summed E-state index contributed by atoms with van der Waals surface area (Å²) in [4.78, 5) is 22.5. The van der Waals surface area contributed by atoms with Crippen molar-refractivity contribution < 1.29 is 9.53 Å². The maximum absolute atomic E-state index is 13.1. The summed E-state index contributed by atoms with van der Waals surface area (Å²) >= 11 is 0. The van der Waals surface area contributed by atoms with E-state index in [1.807, 2.05) is 35.4 Å². The van der Waals surface area contributed by atoms with Gasteiger partial charge in [0.05, 0.1) is 24.6 Å². The fraction of sp³-hybridized carbons (Fsp3) is 0.316. The normalized spacial score (nSPS) is 17.3. The van der Waals surface area contributed by atoms with E-state index in [0.717, 1.165) is 36.5 Å². The van der Waals surface area contributed by atoms with Crippen LogP contribution >= 0.6 is 0 Å². The van der Waals surface area contributed by atoms with Gasteiger partial charge in [0.15, 0.2) is 0 Å². The predicted octanol–water partition coefficient (Wildman–Crippen LogP) is 2.83. The first kappa shape index (κ1) is 16.4. The number of methoxy groups -OCH3 is 1. The maximum Gasteiger partial charge on any atom is 0.257 e. The number of imidazole rings is 1. The molecule has 0 unspecified atom stereocenters. The molecule has 0 aliphatic carbocycles. The molecule has 3 heterocycles. The van der Waals surface area contributed by atoms with Gasteiger partial charge in [-0.25, -0.2) is 4.98 Å². The first-order valence-electron chi connectivity index (χ1n) is 8.72. The highest BCUT2D eigenvalue weighted by Gasteiger charge is 2.28. The molecule has 1 aliphatic rings. The number of piperidine rings is 1. The van der Waals surface area contributed by atoms with Crippen LogP contribution in [0.3, 0.4) is 0 Å². The van der Waals surface area contributed by atoms with Crippen LogP contribution in [-0.2, 0) is 0 Å². The van der Waals surface area contributed by atoms with E-state index in [0.29, 0.717) is 17.8 Å². The lowest BCUT2D eigenvalue weighted by Gasteiger charge is -2.31. The number of carbonyl (C=O) groups is 1. The molecule has 0 bridgehead atoms. The molecule has 2 N–H and O–H groups in total. The first-order chi connectivity index (χ1) is 12.8. The molecule has 1 aliphatic heterocycles. The molecule has 134 valence electrons. The zero-order valence-electron chi connectivity index (χ0n) is 14.6. The molecule has 4 rings (SSSR count). The fourth-order valence-electron chi connectivity index (χ4n) is 3.50. The SMILES string of the molecule is COc1cccc(-c2[nH]ncc2C(=O)N2CCC[C@@H](c3ncc[nH]3)C2)c1. The summed E-state index contributed by atoms with van der Waals surface area (Å²) in [5.74, 6) is 1.93. The Labute approximate surface area is 151 Å². The lowest BCUT2D eigenvalue weighted by molar-refractivity contribution is 0.0705. The van der Waals surface area contributed by atoms with Gasteiger partial charge in [-0.1, -0.05) is 12.1 Å². The number of nitrogens with one attached hydrogen (secondary N) is 2. The Balaban J connectivity index is 1.58. The van der Waals surface area contributed by atoms with Crippen LogP contribution in [-0.4, -0.2) is 51.2 Å². The standard InChI is InChI=1S/C19H21N5O2/c1-26-15-6-2-4-13(10-15)17-16(11-22-23-17)19(25)24-9-3-5-14(12-24)18-20-7-8-21-18/h2,4,6-8,10-11,14H,3,5,9,12H2,1H3,(H,20,21)(H,22,23)/t14-/m1/s1. The Hall–Kier alpha value is -3.09. The van der Waals surface area contributed by atoms with Crippen molar-refractivity contribution >= 4 is 5.91 Å². The summed E-state index contributed by atoms with van der Waals surface area (Å²) in [6.45, 7) is 1.41. The van der Waals surface area contributed by atoms with E-state index in [4.69, 9.17) is 4.74 Å². The van der Waals surface area contributed by atoms with E-state index in [2.05, 4.69) is 20.2 Å². The molecule has 0 radical (unpaired) electrons. The van der Waals surface area contributed by atoms with Crippen LogP contribution in [0.5, 0.6) is 5.75 Å². The van der Waals surface area contributed by atoms with Crippen molar-refractivity contribution in [2.24, 2.45) is 0 Å². The topological polar surface area (TPSA) is 86.9 Å². The van der Waals surface area contributed by atoms with Crippen LogP contribution < -0.4 is 4.74 Å². The average Bonchev–Trinajstić information content (AvgIpc) is 3.39. The van der Waals surface area contributed by atoms with Crippen LogP contribution in [0.25, 0.3) is 11.3 Å². The number of amides is 1. The third-order valence-corrected chi connectivity index (χ3v) is 4.84. The fourth-order valence-corrected chi connectivity index (χ4v) is 3.50. The van der Waals surface area contributed by atoms with Crippen LogP contribution in [0.2, 0.25) is 0 Å². The van der Waals surface area contributed by atoms with E-state index in [-0.39, 0.29) is 11.8 Å². The molecule has 7 heteroatoms. The third kappa shape index (κ3) is 3.08. The number of aromatic nitrogens is 4. The number of hydrogen-bond acceptors (Lipinski definition) is 4. The number of rotatable bonds is 4. The Morgan fingerprint density at radius 1 is 1.38 bits per heavy atom. The molecule has 0 spiro atoms. The van der Waals surface area contributed by atoms with E-state index < -0.39 is 0 Å². The second kappa shape index (κ2) is 7.03. The van der Waals surface area contributed by atoms with Gasteiger partial charge in [-0.15, -0.1) is 0 Å². The Bertz CT molecular complexity index is 887. The highest BCUT2D eigenvalue weighted by Crippen LogP contribution is 2.29. The first-order valence-corrected chi connectivity index (χ1v) is 8.72. The number of carbonyl (C=O) groups excluding carboxylic acids is 1. The van der Waals surface area contributed by atoms with E-state index in [9.17, 15) is 4.79 Å². The summed E-state index contributed by atoms with van der Waals surface area (Å²) < 4.78 is 5.28. The van der Waals surface area contributed by atoms with Crippen LogP contribution in [0, 0.1) is 0 Å². The van der Waals surface area contributed by atoms with Gasteiger partial charge in [0, 0.05) is 37.0 Å². The number of benzene rings is 1. The summed E-state index contributed by atoms with van der Waals surface area (Å²) in [5, 5.41) is 7.07. The smallest absolute Gasteiger partial charge is 0.257 e.